The summed E-state index contributed by atoms with van der Waals surface area (Å²) in [6, 6.07) is 25.3. The van der Waals surface area contributed by atoms with Gasteiger partial charge in [0.05, 0.1) is 11.1 Å². The predicted molar refractivity (Wildman–Crippen MR) is 145 cm³/mol. The van der Waals surface area contributed by atoms with Gasteiger partial charge >= 0.3 is 0 Å². The van der Waals surface area contributed by atoms with Gasteiger partial charge in [0.2, 0.25) is 11.8 Å². The Labute approximate surface area is 223 Å². The first-order valence-electron chi connectivity index (χ1n) is 13.1. The molecule has 0 saturated heterocycles. The predicted octanol–water partition coefficient (Wildman–Crippen LogP) is 4.23. The van der Waals surface area contributed by atoms with Crippen LogP contribution in [0.1, 0.15) is 58.0 Å². The first-order chi connectivity index (χ1) is 18.5. The Bertz CT molecular complexity index is 1240. The van der Waals surface area contributed by atoms with Crippen LogP contribution in [0, 0.1) is 0 Å². The summed E-state index contributed by atoms with van der Waals surface area (Å²) in [5.41, 5.74) is 2.67. The second-order valence-electron chi connectivity index (χ2n) is 9.41. The van der Waals surface area contributed by atoms with Crippen LogP contribution in [-0.2, 0) is 22.6 Å². The SMILES string of the molecule is CCCNC(=O)[C@@H](Cc1ccccc1)N(Cc1ccccc1)C(=O)CCCN1C(=O)c2ccccc2C1=O. The Balaban J connectivity index is 1.51. The van der Waals surface area contributed by atoms with Crippen molar-refractivity contribution in [1.82, 2.24) is 15.1 Å². The number of nitrogens with zero attached hydrogens (tertiary/aromatic N) is 2. The lowest BCUT2D eigenvalue weighted by molar-refractivity contribution is -0.141. The van der Waals surface area contributed by atoms with Crippen molar-refractivity contribution in [3.63, 3.8) is 0 Å². The number of amides is 4. The zero-order chi connectivity index (χ0) is 26.9. The molecule has 0 unspecified atom stereocenters. The van der Waals surface area contributed by atoms with E-state index in [-0.39, 0.29) is 43.1 Å². The second kappa shape index (κ2) is 12.8. The zero-order valence-corrected chi connectivity index (χ0v) is 21.6. The molecule has 3 aromatic carbocycles. The molecule has 1 heterocycles. The van der Waals surface area contributed by atoms with Gasteiger partial charge < -0.3 is 10.2 Å². The van der Waals surface area contributed by atoms with E-state index in [0.29, 0.717) is 30.5 Å². The minimum absolute atomic E-state index is 0.104. The van der Waals surface area contributed by atoms with E-state index in [9.17, 15) is 19.2 Å². The standard InChI is InChI=1S/C31H33N3O4/c1-2-19-32-29(36)27(21-23-12-5-3-6-13-23)34(22-24-14-7-4-8-15-24)28(35)18-11-20-33-30(37)25-16-9-10-17-26(25)31(33)38/h3-10,12-17,27H,2,11,18-22H2,1H3,(H,32,36)/t27-/m1/s1. The average Bonchev–Trinajstić information content (AvgIpc) is 3.19. The maximum Gasteiger partial charge on any atom is 0.261 e. The van der Waals surface area contributed by atoms with Crippen molar-refractivity contribution >= 4 is 23.6 Å². The summed E-state index contributed by atoms with van der Waals surface area (Å²) in [7, 11) is 0. The van der Waals surface area contributed by atoms with E-state index in [1.165, 1.54) is 4.90 Å². The summed E-state index contributed by atoms with van der Waals surface area (Å²) in [4.78, 5) is 55.3. The fourth-order valence-corrected chi connectivity index (χ4v) is 4.67. The Kier molecular flexibility index (Phi) is 9.03. The van der Waals surface area contributed by atoms with E-state index in [4.69, 9.17) is 0 Å². The minimum atomic E-state index is -0.698. The van der Waals surface area contributed by atoms with Gasteiger partial charge in [-0.05, 0) is 36.1 Å². The molecule has 0 aromatic heterocycles. The van der Waals surface area contributed by atoms with Gasteiger partial charge in [0, 0.05) is 32.5 Å². The summed E-state index contributed by atoms with van der Waals surface area (Å²) in [5.74, 6) is -1.06. The van der Waals surface area contributed by atoms with Crippen molar-refractivity contribution in [3.8, 4) is 0 Å². The lowest BCUT2D eigenvalue weighted by Gasteiger charge is -2.32. The topological polar surface area (TPSA) is 86.8 Å². The molecule has 4 rings (SSSR count). The first-order valence-corrected chi connectivity index (χ1v) is 13.1. The molecular formula is C31H33N3O4. The van der Waals surface area contributed by atoms with Crippen LogP contribution in [0.3, 0.4) is 0 Å². The second-order valence-corrected chi connectivity index (χ2v) is 9.41. The smallest absolute Gasteiger partial charge is 0.261 e. The number of benzene rings is 3. The number of nitrogens with one attached hydrogen (secondary N) is 1. The molecule has 7 heteroatoms. The summed E-state index contributed by atoms with van der Waals surface area (Å²) in [6.07, 6.45) is 1.58. The lowest BCUT2D eigenvalue weighted by Crippen LogP contribution is -2.50. The zero-order valence-electron chi connectivity index (χ0n) is 21.6. The van der Waals surface area contributed by atoms with Crippen LogP contribution < -0.4 is 5.32 Å². The molecule has 1 aliphatic heterocycles. The van der Waals surface area contributed by atoms with Crippen LogP contribution in [0.2, 0.25) is 0 Å². The largest absolute Gasteiger partial charge is 0.354 e. The van der Waals surface area contributed by atoms with E-state index in [2.05, 4.69) is 5.32 Å². The van der Waals surface area contributed by atoms with E-state index in [1.54, 1.807) is 29.2 Å². The van der Waals surface area contributed by atoms with Crippen molar-refractivity contribution in [1.29, 1.82) is 0 Å². The highest BCUT2D eigenvalue weighted by Gasteiger charge is 2.35. The Morgan fingerprint density at radius 2 is 1.37 bits per heavy atom. The van der Waals surface area contributed by atoms with Gasteiger partial charge in [0.15, 0.2) is 0 Å². The van der Waals surface area contributed by atoms with Crippen molar-refractivity contribution in [2.45, 2.75) is 45.2 Å². The summed E-state index contributed by atoms with van der Waals surface area (Å²) in [5, 5.41) is 2.97. The highest BCUT2D eigenvalue weighted by Crippen LogP contribution is 2.23. The fourth-order valence-electron chi connectivity index (χ4n) is 4.67. The molecule has 1 atom stereocenters. The quantitative estimate of drug-likeness (QED) is 0.369. The fraction of sp³-hybridized carbons (Fsp3) is 0.290. The molecule has 1 N–H and O–H groups in total. The molecule has 0 bridgehead atoms. The molecular weight excluding hydrogens is 478 g/mol. The van der Waals surface area contributed by atoms with Crippen LogP contribution in [0.5, 0.6) is 0 Å². The molecule has 0 spiro atoms. The summed E-state index contributed by atoms with van der Waals surface area (Å²) in [6.45, 7) is 2.93. The Morgan fingerprint density at radius 3 is 1.95 bits per heavy atom. The highest BCUT2D eigenvalue weighted by molar-refractivity contribution is 6.21. The van der Waals surface area contributed by atoms with Gasteiger partial charge in [-0.2, -0.15) is 0 Å². The summed E-state index contributed by atoms with van der Waals surface area (Å²) >= 11 is 0. The Hall–Kier alpha value is -4.26. The normalized spacial score (nSPS) is 13.2. The Morgan fingerprint density at radius 1 is 0.816 bits per heavy atom. The van der Waals surface area contributed by atoms with Gasteiger partial charge in [-0.15, -0.1) is 0 Å². The third kappa shape index (κ3) is 6.35. The number of rotatable bonds is 12. The molecule has 0 aliphatic carbocycles. The molecule has 0 radical (unpaired) electrons. The van der Waals surface area contributed by atoms with E-state index in [1.807, 2.05) is 67.6 Å². The van der Waals surface area contributed by atoms with Crippen LogP contribution in [0.25, 0.3) is 0 Å². The molecule has 38 heavy (non-hydrogen) atoms. The van der Waals surface area contributed by atoms with Crippen LogP contribution in [0.15, 0.2) is 84.9 Å². The van der Waals surface area contributed by atoms with Gasteiger partial charge in [0.1, 0.15) is 6.04 Å². The van der Waals surface area contributed by atoms with Crippen LogP contribution >= 0.6 is 0 Å². The van der Waals surface area contributed by atoms with E-state index in [0.717, 1.165) is 17.5 Å². The van der Waals surface area contributed by atoms with Crippen molar-refractivity contribution in [3.05, 3.63) is 107 Å². The number of imide groups is 1. The minimum Gasteiger partial charge on any atom is -0.354 e. The van der Waals surface area contributed by atoms with Gasteiger partial charge in [-0.25, -0.2) is 0 Å². The highest BCUT2D eigenvalue weighted by atomic mass is 16.2. The number of hydrogen-bond acceptors (Lipinski definition) is 4. The number of fused-ring (bicyclic) bond motifs is 1. The molecule has 1 aliphatic rings. The molecule has 0 fully saturated rings. The first kappa shape index (κ1) is 26.8. The van der Waals surface area contributed by atoms with Crippen LogP contribution in [0.4, 0.5) is 0 Å². The van der Waals surface area contributed by atoms with Crippen molar-refractivity contribution in [2.24, 2.45) is 0 Å². The van der Waals surface area contributed by atoms with Gasteiger partial charge in [-0.3, -0.25) is 24.1 Å². The molecule has 3 aromatic rings. The average molecular weight is 512 g/mol. The molecule has 4 amide bonds. The molecule has 196 valence electrons. The lowest BCUT2D eigenvalue weighted by atomic mass is 10.0. The maximum absolute atomic E-state index is 13.7. The van der Waals surface area contributed by atoms with Crippen molar-refractivity contribution in [2.75, 3.05) is 13.1 Å². The van der Waals surface area contributed by atoms with Gasteiger partial charge in [0.25, 0.3) is 11.8 Å². The third-order valence-corrected chi connectivity index (χ3v) is 6.67. The molecule has 7 nitrogen and oxygen atoms in total. The number of hydrogen-bond donors (Lipinski definition) is 1. The summed E-state index contributed by atoms with van der Waals surface area (Å²) < 4.78 is 0. The molecule has 0 saturated carbocycles. The third-order valence-electron chi connectivity index (χ3n) is 6.67. The monoisotopic (exact) mass is 511 g/mol. The van der Waals surface area contributed by atoms with E-state index < -0.39 is 6.04 Å². The maximum atomic E-state index is 13.7. The van der Waals surface area contributed by atoms with E-state index >= 15 is 0 Å². The van der Waals surface area contributed by atoms with Crippen molar-refractivity contribution < 1.29 is 19.2 Å². The number of carbonyl (C=O) groups is 4. The van der Waals surface area contributed by atoms with Gasteiger partial charge in [-0.1, -0.05) is 79.7 Å². The van der Waals surface area contributed by atoms with Crippen LogP contribution in [-0.4, -0.2) is 52.6 Å². The number of carbonyl (C=O) groups excluding carboxylic acids is 4.